The van der Waals surface area contributed by atoms with Crippen molar-refractivity contribution in [2.24, 2.45) is 12.5 Å². The number of anilines is 1. The van der Waals surface area contributed by atoms with Gasteiger partial charge in [0.15, 0.2) is 0 Å². The van der Waals surface area contributed by atoms with Crippen molar-refractivity contribution in [3.8, 4) is 28.7 Å². The summed E-state index contributed by atoms with van der Waals surface area (Å²) in [5.74, 6) is 1.15. The molecule has 50 heavy (non-hydrogen) atoms. The smallest absolute Gasteiger partial charge is 0.264 e. The lowest BCUT2D eigenvalue weighted by molar-refractivity contribution is -0.129. The number of alkyl halides is 1. The molecule has 2 aliphatic rings. The molecule has 5 rings (SSSR count). The zero-order chi connectivity index (χ0) is 36.3. The highest BCUT2D eigenvalue weighted by Crippen LogP contribution is 2.38. The van der Waals surface area contributed by atoms with E-state index in [9.17, 15) is 19.2 Å². The topological polar surface area (TPSA) is 91.0 Å². The molecule has 0 N–H and O–H groups in total. The predicted molar refractivity (Wildman–Crippen MR) is 196 cm³/mol. The van der Waals surface area contributed by atoms with Crippen LogP contribution in [0.3, 0.4) is 0 Å². The van der Waals surface area contributed by atoms with Gasteiger partial charge in [-0.15, -0.1) is 0 Å². The molecule has 1 aromatic heterocycles. The summed E-state index contributed by atoms with van der Waals surface area (Å²) in [7, 11) is 5.13. The Bertz CT molecular complexity index is 1870. The Balaban J connectivity index is 1.33. The Hall–Kier alpha value is -4.62. The number of carbonyl (C=O) groups excluding carboxylic acids is 1. The van der Waals surface area contributed by atoms with Gasteiger partial charge in [-0.3, -0.25) is 18.9 Å². The van der Waals surface area contributed by atoms with E-state index in [0.717, 1.165) is 83.2 Å². The van der Waals surface area contributed by atoms with E-state index in [4.69, 9.17) is 9.47 Å². The Morgan fingerprint density at radius 1 is 1.04 bits per heavy atom. The quantitative estimate of drug-likeness (QED) is 0.194. The first-order chi connectivity index (χ1) is 23.8. The molecule has 1 atom stereocenters. The van der Waals surface area contributed by atoms with Crippen molar-refractivity contribution in [2.75, 3.05) is 58.5 Å². The van der Waals surface area contributed by atoms with Crippen LogP contribution in [-0.2, 0) is 24.8 Å². The van der Waals surface area contributed by atoms with E-state index in [1.165, 1.54) is 11.6 Å². The maximum absolute atomic E-state index is 13.5. The van der Waals surface area contributed by atoms with Crippen molar-refractivity contribution in [1.29, 1.82) is 5.26 Å². The average molecular weight is 684 g/mol. The monoisotopic (exact) mass is 683 g/mol. The number of pyridine rings is 1. The molecule has 2 aromatic carbocycles. The normalized spacial score (nSPS) is 17.2. The molecule has 2 aliphatic heterocycles. The minimum Gasteiger partial charge on any atom is -0.496 e. The molecule has 0 radical (unpaired) electrons. The molecule has 1 amide bonds. The van der Waals surface area contributed by atoms with Crippen LogP contribution in [0.2, 0.25) is 0 Å². The predicted octanol–water partition coefficient (Wildman–Crippen LogP) is 6.29. The molecule has 9 nitrogen and oxygen atoms in total. The highest BCUT2D eigenvalue weighted by Gasteiger charge is 2.31. The number of fused-ring (bicyclic) bond motifs is 1. The van der Waals surface area contributed by atoms with E-state index in [2.05, 4.69) is 28.0 Å². The standard InChI is InChI=1S/C40H50FN5O4/c1-26-27(2)38(47)43(6)23-34(26)30-18-36(49-7)35(37(19-30)50-8)24-44-13-9-14-45(17-16-44)32-11-10-29-12-15-46(28(3)33(29)20-32)39(48)31(22-42)21-40(4,5)25-41/h10-11,18-21,23,28H,9,12-17,24-25H2,1-8H3/b31-21+/t28-/m1/s1. The number of hydrogen-bond acceptors (Lipinski definition) is 7. The molecule has 0 aliphatic carbocycles. The van der Waals surface area contributed by atoms with Gasteiger partial charge in [0, 0.05) is 74.7 Å². The molecule has 3 heterocycles. The van der Waals surface area contributed by atoms with Crippen LogP contribution in [0.4, 0.5) is 10.1 Å². The third-order valence-corrected chi connectivity index (χ3v) is 10.3. The summed E-state index contributed by atoms with van der Waals surface area (Å²) in [6.45, 7) is 13.2. The number of nitrogens with zero attached hydrogens (tertiary/aromatic N) is 5. The molecule has 1 saturated heterocycles. The van der Waals surface area contributed by atoms with Crippen LogP contribution in [0.25, 0.3) is 11.1 Å². The Morgan fingerprint density at radius 2 is 1.74 bits per heavy atom. The first kappa shape index (κ1) is 36.7. The van der Waals surface area contributed by atoms with Gasteiger partial charge in [0.05, 0.1) is 32.5 Å². The van der Waals surface area contributed by atoms with Crippen molar-refractivity contribution < 1.29 is 18.7 Å². The number of rotatable bonds is 9. The number of aromatic nitrogens is 1. The van der Waals surface area contributed by atoms with E-state index in [0.29, 0.717) is 19.5 Å². The SMILES string of the molecule is COc1cc(-c2cn(C)c(=O)c(C)c2C)cc(OC)c1CN1CCCN(c2ccc3c(c2)[C@@H](C)N(C(=O)/C(C#N)=C/C(C)(C)CF)CC3)CC1. The number of allylic oxidation sites excluding steroid dienone is 1. The second-order valence-electron chi connectivity index (χ2n) is 14.3. The average Bonchev–Trinajstić information content (AvgIpc) is 3.36. The van der Waals surface area contributed by atoms with Crippen LogP contribution in [0.1, 0.15) is 61.1 Å². The van der Waals surface area contributed by atoms with E-state index < -0.39 is 12.1 Å². The maximum atomic E-state index is 13.5. The van der Waals surface area contributed by atoms with Crippen LogP contribution in [0, 0.1) is 30.6 Å². The van der Waals surface area contributed by atoms with Gasteiger partial charge in [-0.05, 0) is 80.1 Å². The fourth-order valence-electron chi connectivity index (χ4n) is 7.17. The summed E-state index contributed by atoms with van der Waals surface area (Å²) in [6, 6.07) is 12.4. The molecular formula is C40H50FN5O4. The first-order valence-corrected chi connectivity index (χ1v) is 17.3. The lowest BCUT2D eigenvalue weighted by Gasteiger charge is -2.36. The van der Waals surface area contributed by atoms with Gasteiger partial charge >= 0.3 is 0 Å². The summed E-state index contributed by atoms with van der Waals surface area (Å²) in [6.07, 6.45) is 5.01. The van der Waals surface area contributed by atoms with Crippen molar-refractivity contribution in [1.82, 2.24) is 14.4 Å². The number of halogens is 1. The fourth-order valence-corrected chi connectivity index (χ4v) is 7.17. The Kier molecular flexibility index (Phi) is 11.1. The van der Waals surface area contributed by atoms with Crippen LogP contribution in [0.5, 0.6) is 11.5 Å². The van der Waals surface area contributed by atoms with Gasteiger partial charge in [0.25, 0.3) is 11.5 Å². The summed E-state index contributed by atoms with van der Waals surface area (Å²) in [4.78, 5) is 32.5. The number of hydrogen-bond donors (Lipinski definition) is 0. The third-order valence-electron chi connectivity index (χ3n) is 10.3. The number of carbonyl (C=O) groups is 1. The summed E-state index contributed by atoms with van der Waals surface area (Å²) in [5, 5.41) is 9.75. The highest BCUT2D eigenvalue weighted by atomic mass is 19.1. The number of benzene rings is 2. The van der Waals surface area contributed by atoms with Crippen LogP contribution >= 0.6 is 0 Å². The number of amides is 1. The number of ether oxygens (including phenoxy) is 2. The van der Waals surface area contributed by atoms with Crippen molar-refractivity contribution >= 4 is 11.6 Å². The summed E-state index contributed by atoms with van der Waals surface area (Å²) < 4.78 is 27.0. The molecule has 0 unspecified atom stereocenters. The zero-order valence-electron chi connectivity index (χ0n) is 30.7. The molecule has 0 saturated carbocycles. The minimum absolute atomic E-state index is 0.00338. The highest BCUT2D eigenvalue weighted by molar-refractivity contribution is 5.97. The van der Waals surface area contributed by atoms with Crippen LogP contribution in [0.15, 0.2) is 53.0 Å². The second-order valence-corrected chi connectivity index (χ2v) is 14.3. The lowest BCUT2D eigenvalue weighted by atomic mass is 9.90. The zero-order valence-corrected chi connectivity index (χ0v) is 30.7. The van der Waals surface area contributed by atoms with E-state index in [1.807, 2.05) is 45.2 Å². The van der Waals surface area contributed by atoms with Crippen LogP contribution in [-0.4, -0.2) is 73.9 Å². The number of aryl methyl sites for hydroxylation is 1. The van der Waals surface area contributed by atoms with Gasteiger partial charge in [-0.2, -0.15) is 5.26 Å². The molecule has 10 heteroatoms. The summed E-state index contributed by atoms with van der Waals surface area (Å²) in [5.41, 5.74) is 7.07. The second kappa shape index (κ2) is 15.1. The first-order valence-electron chi connectivity index (χ1n) is 17.3. The lowest BCUT2D eigenvalue weighted by Crippen LogP contribution is -2.40. The molecule has 266 valence electrons. The van der Waals surface area contributed by atoms with Gasteiger partial charge in [-0.25, -0.2) is 0 Å². The molecule has 0 spiro atoms. The van der Waals surface area contributed by atoms with Gasteiger partial charge in [0.1, 0.15) is 23.1 Å². The Morgan fingerprint density at radius 3 is 2.38 bits per heavy atom. The van der Waals surface area contributed by atoms with Crippen molar-refractivity contribution in [3.63, 3.8) is 0 Å². The molecule has 1 fully saturated rings. The number of methoxy groups -OCH3 is 2. The maximum Gasteiger partial charge on any atom is 0.264 e. The molecule has 3 aromatic rings. The van der Waals surface area contributed by atoms with Gasteiger partial charge in [-0.1, -0.05) is 26.0 Å². The molecular weight excluding hydrogens is 633 g/mol. The van der Waals surface area contributed by atoms with E-state index in [1.54, 1.807) is 44.6 Å². The largest absolute Gasteiger partial charge is 0.496 e. The molecule has 0 bridgehead atoms. The third kappa shape index (κ3) is 7.43. The number of nitriles is 1. The van der Waals surface area contributed by atoms with Crippen molar-refractivity contribution in [2.45, 2.75) is 60.0 Å². The van der Waals surface area contributed by atoms with E-state index >= 15 is 0 Å². The fraction of sp³-hybridized carbons (Fsp3) is 0.475. The Labute approximate surface area is 295 Å². The van der Waals surface area contributed by atoms with Crippen LogP contribution < -0.4 is 19.9 Å². The minimum atomic E-state index is -0.881. The van der Waals surface area contributed by atoms with Gasteiger partial charge < -0.3 is 23.8 Å². The van der Waals surface area contributed by atoms with E-state index in [-0.39, 0.29) is 23.1 Å². The summed E-state index contributed by atoms with van der Waals surface area (Å²) >= 11 is 0. The van der Waals surface area contributed by atoms with Crippen molar-refractivity contribution in [3.05, 3.63) is 86.3 Å². The van der Waals surface area contributed by atoms with Gasteiger partial charge in [0.2, 0.25) is 0 Å².